The van der Waals surface area contributed by atoms with Gasteiger partial charge in [0.1, 0.15) is 29.3 Å². The zero-order chi connectivity index (χ0) is 23.0. The van der Waals surface area contributed by atoms with E-state index in [1.54, 1.807) is 12.1 Å². The van der Waals surface area contributed by atoms with Gasteiger partial charge in [0.25, 0.3) is 5.56 Å². The van der Waals surface area contributed by atoms with Crippen molar-refractivity contribution in [2.45, 2.75) is 25.5 Å². The van der Waals surface area contributed by atoms with Crippen LogP contribution >= 0.6 is 0 Å². The second-order valence-electron chi connectivity index (χ2n) is 7.68. The first-order chi connectivity index (χ1) is 15.1. The summed E-state index contributed by atoms with van der Waals surface area (Å²) in [5, 5.41) is 0.196. The number of hydrogen-bond acceptors (Lipinski definition) is 5. The van der Waals surface area contributed by atoms with E-state index in [4.69, 9.17) is 4.74 Å². The molecule has 4 rings (SSSR count). The summed E-state index contributed by atoms with van der Waals surface area (Å²) in [6.07, 6.45) is 3.14. The highest BCUT2D eigenvalue weighted by Gasteiger charge is 2.26. The summed E-state index contributed by atoms with van der Waals surface area (Å²) in [5.74, 6) is -2.67. The molecule has 2 aromatic carbocycles. The van der Waals surface area contributed by atoms with Crippen LogP contribution in [0.5, 0.6) is 5.75 Å². The standard InChI is InChI=1S/C21H20F3N3O4S/c1-32(29,30)27-6-4-14(5-7-27)31-15-2-3-20-16(10-15)21(28)25-12-26(20)11-17-18(23)8-13(22)9-19(17)24/h2-3,8-10,12,14H,4-7,11H2,1H3. The molecule has 1 aliphatic rings. The number of rotatable bonds is 5. The zero-order valence-electron chi connectivity index (χ0n) is 17.1. The molecule has 32 heavy (non-hydrogen) atoms. The van der Waals surface area contributed by atoms with Crippen LogP contribution in [0.4, 0.5) is 13.2 Å². The fourth-order valence-electron chi connectivity index (χ4n) is 3.76. The van der Waals surface area contributed by atoms with E-state index in [-0.39, 0.29) is 23.6 Å². The largest absolute Gasteiger partial charge is 0.490 e. The lowest BCUT2D eigenvalue weighted by atomic mass is 10.1. The van der Waals surface area contributed by atoms with E-state index >= 15 is 0 Å². The SMILES string of the molecule is CS(=O)(=O)N1CCC(Oc2ccc3c(c2)c(=O)ncn3Cc2c(F)cc(F)cc2F)CC1. The third-order valence-corrected chi connectivity index (χ3v) is 6.73. The van der Waals surface area contributed by atoms with Crippen molar-refractivity contribution in [3.8, 4) is 5.75 Å². The number of ether oxygens (including phenoxy) is 1. The molecular weight excluding hydrogens is 447 g/mol. The van der Waals surface area contributed by atoms with Crippen molar-refractivity contribution in [3.05, 3.63) is 70.0 Å². The number of benzene rings is 2. The van der Waals surface area contributed by atoms with Crippen LogP contribution in [-0.4, -0.2) is 47.7 Å². The molecule has 170 valence electrons. The lowest BCUT2D eigenvalue weighted by Crippen LogP contribution is -2.41. The molecule has 0 radical (unpaired) electrons. The Labute approximate surface area is 182 Å². The molecule has 0 N–H and O–H groups in total. The number of nitrogens with zero attached hydrogens (tertiary/aromatic N) is 3. The Bertz CT molecular complexity index is 1310. The van der Waals surface area contributed by atoms with Crippen LogP contribution in [-0.2, 0) is 16.6 Å². The van der Waals surface area contributed by atoms with Gasteiger partial charge in [-0.05, 0) is 31.0 Å². The minimum absolute atomic E-state index is 0.196. The van der Waals surface area contributed by atoms with Gasteiger partial charge in [0.05, 0.1) is 30.0 Å². The summed E-state index contributed by atoms with van der Waals surface area (Å²) in [5.41, 5.74) is -0.503. The van der Waals surface area contributed by atoms with Crippen LogP contribution < -0.4 is 10.3 Å². The number of aromatic nitrogens is 2. The highest BCUT2D eigenvalue weighted by molar-refractivity contribution is 7.88. The van der Waals surface area contributed by atoms with Crippen molar-refractivity contribution in [2.24, 2.45) is 0 Å². The van der Waals surface area contributed by atoms with Crippen LogP contribution in [0.25, 0.3) is 10.9 Å². The molecule has 0 spiro atoms. The van der Waals surface area contributed by atoms with Crippen molar-refractivity contribution in [2.75, 3.05) is 19.3 Å². The van der Waals surface area contributed by atoms with E-state index in [9.17, 15) is 26.4 Å². The summed E-state index contributed by atoms with van der Waals surface area (Å²) in [4.78, 5) is 16.1. The van der Waals surface area contributed by atoms with Crippen molar-refractivity contribution in [1.82, 2.24) is 13.9 Å². The van der Waals surface area contributed by atoms with Crippen molar-refractivity contribution >= 4 is 20.9 Å². The average Bonchev–Trinajstić information content (AvgIpc) is 2.72. The van der Waals surface area contributed by atoms with Gasteiger partial charge in [-0.25, -0.2) is 25.9 Å². The van der Waals surface area contributed by atoms with Crippen molar-refractivity contribution in [1.29, 1.82) is 0 Å². The first-order valence-electron chi connectivity index (χ1n) is 9.86. The Hall–Kier alpha value is -2.92. The summed E-state index contributed by atoms with van der Waals surface area (Å²) in [6, 6.07) is 5.90. The first-order valence-corrected chi connectivity index (χ1v) is 11.7. The topological polar surface area (TPSA) is 81.5 Å². The molecule has 1 aromatic heterocycles. The fourth-order valence-corrected chi connectivity index (χ4v) is 4.63. The third-order valence-electron chi connectivity index (χ3n) is 5.43. The number of halogens is 3. The Morgan fingerprint density at radius 3 is 2.38 bits per heavy atom. The van der Waals surface area contributed by atoms with Crippen LogP contribution in [0.15, 0.2) is 41.5 Å². The Kier molecular flexibility index (Phi) is 5.95. The lowest BCUT2D eigenvalue weighted by molar-refractivity contribution is 0.135. The van der Waals surface area contributed by atoms with Gasteiger partial charge in [-0.15, -0.1) is 0 Å². The lowest BCUT2D eigenvalue weighted by Gasteiger charge is -2.30. The van der Waals surface area contributed by atoms with E-state index in [0.717, 1.165) is 0 Å². The van der Waals surface area contributed by atoms with Crippen LogP contribution in [0.1, 0.15) is 18.4 Å². The summed E-state index contributed by atoms with van der Waals surface area (Å²) in [7, 11) is -3.24. The summed E-state index contributed by atoms with van der Waals surface area (Å²) in [6.45, 7) is 0.409. The molecule has 0 aliphatic carbocycles. The molecule has 0 unspecified atom stereocenters. The van der Waals surface area contributed by atoms with E-state index in [1.165, 1.54) is 27.5 Å². The van der Waals surface area contributed by atoms with Gasteiger partial charge in [0.2, 0.25) is 10.0 Å². The van der Waals surface area contributed by atoms with Crippen LogP contribution in [0.3, 0.4) is 0 Å². The molecule has 0 saturated carbocycles. The van der Waals surface area contributed by atoms with Gasteiger partial charge in [-0.3, -0.25) is 4.79 Å². The molecule has 2 heterocycles. The maximum atomic E-state index is 14.1. The van der Waals surface area contributed by atoms with Gasteiger partial charge in [0.15, 0.2) is 0 Å². The van der Waals surface area contributed by atoms with E-state index in [1.807, 2.05) is 0 Å². The van der Waals surface area contributed by atoms with Crippen LogP contribution in [0.2, 0.25) is 0 Å². The minimum Gasteiger partial charge on any atom is -0.490 e. The number of hydrogen-bond donors (Lipinski definition) is 0. The second kappa shape index (κ2) is 8.55. The number of piperidine rings is 1. The van der Waals surface area contributed by atoms with Gasteiger partial charge in [-0.2, -0.15) is 4.98 Å². The molecule has 0 amide bonds. The quantitative estimate of drug-likeness (QED) is 0.576. The Morgan fingerprint density at radius 2 is 1.75 bits per heavy atom. The Morgan fingerprint density at radius 1 is 1.09 bits per heavy atom. The molecule has 1 fully saturated rings. The fraction of sp³-hybridized carbons (Fsp3) is 0.333. The maximum absolute atomic E-state index is 14.1. The molecule has 0 bridgehead atoms. The minimum atomic E-state index is -3.24. The highest BCUT2D eigenvalue weighted by atomic mass is 32.2. The average molecular weight is 467 g/mol. The monoisotopic (exact) mass is 467 g/mol. The number of sulfonamides is 1. The number of fused-ring (bicyclic) bond motifs is 1. The molecule has 7 nitrogen and oxygen atoms in total. The molecular formula is C21H20F3N3O4S. The first kappa shape index (κ1) is 22.3. The molecule has 11 heteroatoms. The van der Waals surface area contributed by atoms with E-state index in [2.05, 4.69) is 4.98 Å². The third kappa shape index (κ3) is 4.63. The van der Waals surface area contributed by atoms with Crippen LogP contribution in [0, 0.1) is 17.5 Å². The highest BCUT2D eigenvalue weighted by Crippen LogP contribution is 2.24. The normalized spacial score (nSPS) is 15.9. The van der Waals surface area contributed by atoms with Gasteiger partial charge < -0.3 is 9.30 Å². The molecule has 1 saturated heterocycles. The predicted molar refractivity (Wildman–Crippen MR) is 111 cm³/mol. The second-order valence-corrected chi connectivity index (χ2v) is 9.67. The van der Waals surface area contributed by atoms with Crippen molar-refractivity contribution < 1.29 is 26.3 Å². The summed E-state index contributed by atoms with van der Waals surface area (Å²) < 4.78 is 73.3. The van der Waals surface area contributed by atoms with E-state index in [0.29, 0.717) is 49.3 Å². The summed E-state index contributed by atoms with van der Waals surface area (Å²) >= 11 is 0. The smallest absolute Gasteiger partial charge is 0.280 e. The maximum Gasteiger partial charge on any atom is 0.280 e. The van der Waals surface area contributed by atoms with Gasteiger partial charge in [-0.1, -0.05) is 0 Å². The van der Waals surface area contributed by atoms with Gasteiger partial charge >= 0.3 is 0 Å². The van der Waals surface area contributed by atoms with E-state index < -0.39 is 33.0 Å². The molecule has 3 aromatic rings. The molecule has 1 aliphatic heterocycles. The zero-order valence-corrected chi connectivity index (χ0v) is 17.9. The predicted octanol–water partition coefficient (Wildman–Crippen LogP) is 2.66. The van der Waals surface area contributed by atoms with Gasteiger partial charge in [0, 0.05) is 30.8 Å². The molecule has 0 atom stereocenters. The van der Waals surface area contributed by atoms with Crippen molar-refractivity contribution in [3.63, 3.8) is 0 Å². The Balaban J connectivity index is 1.58.